The van der Waals surface area contributed by atoms with E-state index in [4.69, 9.17) is 0 Å². The van der Waals surface area contributed by atoms with Gasteiger partial charge in [0.1, 0.15) is 0 Å². The molecule has 0 heterocycles. The van der Waals surface area contributed by atoms with Crippen LogP contribution in [0, 0.1) is 5.92 Å². The van der Waals surface area contributed by atoms with Crippen molar-refractivity contribution in [2.24, 2.45) is 5.92 Å². The van der Waals surface area contributed by atoms with E-state index in [0.717, 1.165) is 22.0 Å². The average Bonchev–Trinajstić information content (AvgIpc) is 2.22. The van der Waals surface area contributed by atoms with Crippen molar-refractivity contribution < 1.29 is 0 Å². The summed E-state index contributed by atoms with van der Waals surface area (Å²) >= 11 is 6.95. The Morgan fingerprint density at radius 2 is 2.00 bits per heavy atom. The molecule has 1 aromatic rings. The highest BCUT2D eigenvalue weighted by Gasteiger charge is 1.95. The van der Waals surface area contributed by atoms with E-state index >= 15 is 0 Å². The van der Waals surface area contributed by atoms with Crippen molar-refractivity contribution in [1.82, 2.24) is 5.32 Å². The van der Waals surface area contributed by atoms with E-state index in [1.165, 1.54) is 5.56 Å². The molecule has 0 aliphatic rings. The summed E-state index contributed by atoms with van der Waals surface area (Å²) in [6.07, 6.45) is 4.28. The first-order valence-electron chi connectivity index (χ1n) is 5.42. The summed E-state index contributed by atoms with van der Waals surface area (Å²) in [5.74, 6) is 0.704. The third-order valence-corrected chi connectivity index (χ3v) is 3.95. The van der Waals surface area contributed by atoms with Gasteiger partial charge < -0.3 is 5.32 Å². The van der Waals surface area contributed by atoms with Gasteiger partial charge in [0.2, 0.25) is 0 Å². The first kappa shape index (κ1) is 13.9. The summed E-state index contributed by atoms with van der Waals surface area (Å²) in [6, 6.07) is 6.24. The van der Waals surface area contributed by atoms with Gasteiger partial charge >= 0.3 is 0 Å². The maximum absolute atomic E-state index is 3.49. The topological polar surface area (TPSA) is 12.0 Å². The summed E-state index contributed by atoms with van der Waals surface area (Å²) in [5.41, 5.74) is 1.21. The van der Waals surface area contributed by atoms with E-state index in [1.807, 2.05) is 6.07 Å². The number of halogens is 2. The van der Waals surface area contributed by atoms with Crippen LogP contribution in [-0.2, 0) is 0 Å². The molecule has 3 heteroatoms. The summed E-state index contributed by atoms with van der Waals surface area (Å²) in [4.78, 5) is 0. The van der Waals surface area contributed by atoms with Gasteiger partial charge in [0.05, 0.1) is 0 Å². The molecule has 1 rings (SSSR count). The maximum Gasteiger partial charge on any atom is 0.0323 e. The third kappa shape index (κ3) is 5.28. The van der Waals surface area contributed by atoms with Gasteiger partial charge in [-0.15, -0.1) is 0 Å². The number of rotatable bonds is 5. The smallest absolute Gasteiger partial charge is 0.0323 e. The molecule has 0 saturated carbocycles. The van der Waals surface area contributed by atoms with E-state index in [9.17, 15) is 0 Å². The van der Waals surface area contributed by atoms with Crippen LogP contribution in [0.25, 0.3) is 6.08 Å². The van der Waals surface area contributed by atoms with Crippen molar-refractivity contribution >= 4 is 37.9 Å². The molecule has 0 saturated heterocycles. The minimum Gasteiger partial charge on any atom is -0.313 e. The molecular formula is C13H17Br2N. The molecular weight excluding hydrogens is 330 g/mol. The van der Waals surface area contributed by atoms with Crippen LogP contribution in [0.5, 0.6) is 0 Å². The zero-order chi connectivity index (χ0) is 12.0. The SMILES string of the molecule is CC(C)CNC/C=C/c1ccc(Br)c(Br)c1. The van der Waals surface area contributed by atoms with Crippen LogP contribution in [0.15, 0.2) is 33.2 Å². The minimum atomic E-state index is 0.704. The molecule has 0 fully saturated rings. The van der Waals surface area contributed by atoms with Gasteiger partial charge in [-0.25, -0.2) is 0 Å². The van der Waals surface area contributed by atoms with Crippen LogP contribution in [-0.4, -0.2) is 13.1 Å². The minimum absolute atomic E-state index is 0.704. The number of nitrogens with one attached hydrogen (secondary N) is 1. The fourth-order valence-corrected chi connectivity index (χ4v) is 1.91. The van der Waals surface area contributed by atoms with Crippen LogP contribution in [0.2, 0.25) is 0 Å². The lowest BCUT2D eigenvalue weighted by Gasteiger charge is -2.03. The van der Waals surface area contributed by atoms with Gasteiger partial charge in [0.25, 0.3) is 0 Å². The second-order valence-corrected chi connectivity index (χ2v) is 5.84. The first-order chi connectivity index (χ1) is 7.59. The van der Waals surface area contributed by atoms with Crippen molar-refractivity contribution in [3.8, 4) is 0 Å². The van der Waals surface area contributed by atoms with Crippen molar-refractivity contribution in [2.45, 2.75) is 13.8 Å². The molecule has 1 nitrogen and oxygen atoms in total. The van der Waals surface area contributed by atoms with Gasteiger partial charge in [-0.3, -0.25) is 0 Å². The van der Waals surface area contributed by atoms with Crippen LogP contribution in [0.4, 0.5) is 0 Å². The third-order valence-electron chi connectivity index (χ3n) is 2.07. The van der Waals surface area contributed by atoms with Crippen LogP contribution in [0.1, 0.15) is 19.4 Å². The highest BCUT2D eigenvalue weighted by Crippen LogP contribution is 2.24. The number of hydrogen-bond acceptors (Lipinski definition) is 1. The fourth-order valence-electron chi connectivity index (χ4n) is 1.27. The van der Waals surface area contributed by atoms with Gasteiger partial charge in [0, 0.05) is 15.5 Å². The molecule has 0 amide bonds. The lowest BCUT2D eigenvalue weighted by Crippen LogP contribution is -2.19. The Balaban J connectivity index is 2.41. The largest absolute Gasteiger partial charge is 0.313 e. The van der Waals surface area contributed by atoms with Crippen molar-refractivity contribution in [2.75, 3.05) is 13.1 Å². The summed E-state index contributed by atoms with van der Waals surface area (Å²) in [5, 5.41) is 3.37. The van der Waals surface area contributed by atoms with Crippen LogP contribution < -0.4 is 5.32 Å². The monoisotopic (exact) mass is 345 g/mol. The van der Waals surface area contributed by atoms with E-state index < -0.39 is 0 Å². The Morgan fingerprint density at radius 1 is 1.25 bits per heavy atom. The Hall–Kier alpha value is -0.120. The zero-order valence-electron chi connectivity index (χ0n) is 9.63. The van der Waals surface area contributed by atoms with Crippen LogP contribution >= 0.6 is 31.9 Å². The highest BCUT2D eigenvalue weighted by atomic mass is 79.9. The Kier molecular flexibility index (Phi) is 6.32. The molecule has 0 aliphatic carbocycles. The Labute approximate surface area is 115 Å². The fraction of sp³-hybridized carbons (Fsp3) is 0.385. The Morgan fingerprint density at radius 3 is 2.62 bits per heavy atom. The molecule has 0 unspecified atom stereocenters. The quantitative estimate of drug-likeness (QED) is 0.775. The molecule has 0 bridgehead atoms. The maximum atomic E-state index is 3.49. The molecule has 0 spiro atoms. The van der Waals surface area contributed by atoms with Crippen molar-refractivity contribution in [1.29, 1.82) is 0 Å². The molecule has 0 aromatic heterocycles. The highest BCUT2D eigenvalue weighted by molar-refractivity contribution is 9.13. The van der Waals surface area contributed by atoms with Gasteiger partial charge in [-0.05, 0) is 62.0 Å². The first-order valence-corrected chi connectivity index (χ1v) is 7.00. The molecule has 1 N–H and O–H groups in total. The molecule has 16 heavy (non-hydrogen) atoms. The average molecular weight is 347 g/mol. The molecule has 0 radical (unpaired) electrons. The van der Waals surface area contributed by atoms with Gasteiger partial charge in [-0.1, -0.05) is 32.1 Å². The normalized spacial score (nSPS) is 11.6. The molecule has 0 atom stereocenters. The Bertz CT molecular complexity index is 359. The predicted molar refractivity (Wildman–Crippen MR) is 78.6 cm³/mol. The lowest BCUT2D eigenvalue weighted by molar-refractivity contribution is 0.577. The summed E-state index contributed by atoms with van der Waals surface area (Å²) in [6.45, 7) is 6.41. The predicted octanol–water partition coefficient (Wildman–Crippen LogP) is 4.47. The van der Waals surface area contributed by atoms with Gasteiger partial charge in [0.15, 0.2) is 0 Å². The second-order valence-electron chi connectivity index (χ2n) is 4.13. The summed E-state index contributed by atoms with van der Waals surface area (Å²) < 4.78 is 2.17. The number of benzene rings is 1. The summed E-state index contributed by atoms with van der Waals surface area (Å²) in [7, 11) is 0. The van der Waals surface area contributed by atoms with Crippen molar-refractivity contribution in [3.05, 3.63) is 38.8 Å². The lowest BCUT2D eigenvalue weighted by atomic mass is 10.2. The molecule has 0 aliphatic heterocycles. The van der Waals surface area contributed by atoms with E-state index in [-0.39, 0.29) is 0 Å². The second kappa shape index (κ2) is 7.25. The van der Waals surface area contributed by atoms with E-state index in [0.29, 0.717) is 5.92 Å². The van der Waals surface area contributed by atoms with E-state index in [2.05, 4.69) is 75.3 Å². The van der Waals surface area contributed by atoms with Crippen molar-refractivity contribution in [3.63, 3.8) is 0 Å². The molecule has 1 aromatic carbocycles. The number of hydrogen-bond donors (Lipinski definition) is 1. The standard InChI is InChI=1S/C13H17Br2N/c1-10(2)9-16-7-3-4-11-5-6-12(14)13(15)8-11/h3-6,8,10,16H,7,9H2,1-2H3/b4-3+. The zero-order valence-corrected chi connectivity index (χ0v) is 12.8. The molecule has 88 valence electrons. The van der Waals surface area contributed by atoms with Crippen LogP contribution in [0.3, 0.4) is 0 Å². The van der Waals surface area contributed by atoms with E-state index in [1.54, 1.807) is 0 Å². The van der Waals surface area contributed by atoms with Gasteiger partial charge in [-0.2, -0.15) is 0 Å².